The van der Waals surface area contributed by atoms with Crippen LogP contribution in [0.1, 0.15) is 44.2 Å². The molecule has 0 radical (unpaired) electrons. The van der Waals surface area contributed by atoms with Gasteiger partial charge in [0.2, 0.25) is 6.29 Å². The maximum Gasteiger partial charge on any atom is 0.413 e. The van der Waals surface area contributed by atoms with Crippen LogP contribution >= 0.6 is 11.3 Å². The number of nitrogens with zero attached hydrogens (tertiary/aromatic N) is 2. The van der Waals surface area contributed by atoms with Gasteiger partial charge in [0.15, 0.2) is 5.13 Å². The number of hydrogen-bond acceptors (Lipinski definition) is 7. The number of ether oxygens (including phenoxy) is 2. The van der Waals surface area contributed by atoms with Crippen LogP contribution in [0.5, 0.6) is 0 Å². The predicted molar refractivity (Wildman–Crippen MR) is 87.0 cm³/mol. The van der Waals surface area contributed by atoms with E-state index in [1.807, 2.05) is 6.92 Å². The number of nitrogen functional groups attached to an aromatic ring is 1. The molecule has 1 aromatic rings. The van der Waals surface area contributed by atoms with Gasteiger partial charge in [0.1, 0.15) is 0 Å². The van der Waals surface area contributed by atoms with Crippen LogP contribution in [0.4, 0.5) is 9.93 Å². The Bertz CT molecular complexity index is 575. The average molecular weight is 341 g/mol. The molecule has 0 aliphatic heterocycles. The van der Waals surface area contributed by atoms with E-state index in [4.69, 9.17) is 15.2 Å². The van der Waals surface area contributed by atoms with E-state index in [2.05, 4.69) is 4.98 Å². The number of carbonyl (C=O) groups is 2. The molecule has 0 fully saturated rings. The van der Waals surface area contributed by atoms with Crippen molar-refractivity contribution >= 4 is 28.5 Å². The molecule has 2 rings (SSSR count). The van der Waals surface area contributed by atoms with Crippen molar-refractivity contribution < 1.29 is 19.1 Å². The van der Waals surface area contributed by atoms with E-state index in [1.54, 1.807) is 4.90 Å². The number of hydrogen-bond donors (Lipinski definition) is 1. The minimum atomic E-state index is -0.891. The van der Waals surface area contributed by atoms with Crippen molar-refractivity contribution in [2.45, 2.75) is 58.8 Å². The lowest BCUT2D eigenvalue weighted by Gasteiger charge is -2.33. The molecule has 8 heteroatoms. The Kier molecular flexibility index (Phi) is 5.81. The van der Waals surface area contributed by atoms with Gasteiger partial charge in [-0.05, 0) is 19.3 Å². The van der Waals surface area contributed by atoms with Crippen LogP contribution in [0.15, 0.2) is 0 Å². The van der Waals surface area contributed by atoms with E-state index < -0.39 is 18.4 Å². The van der Waals surface area contributed by atoms with Crippen molar-refractivity contribution in [1.82, 2.24) is 9.88 Å². The van der Waals surface area contributed by atoms with E-state index in [-0.39, 0.29) is 6.04 Å². The first-order valence-corrected chi connectivity index (χ1v) is 8.60. The number of rotatable bonds is 5. The van der Waals surface area contributed by atoms with Gasteiger partial charge in [-0.3, -0.25) is 4.79 Å². The summed E-state index contributed by atoms with van der Waals surface area (Å²) in [5.74, 6) is -0.477. The van der Waals surface area contributed by atoms with Crippen LogP contribution in [0.3, 0.4) is 0 Å². The molecule has 0 aromatic carbocycles. The van der Waals surface area contributed by atoms with E-state index in [9.17, 15) is 9.59 Å². The van der Waals surface area contributed by atoms with Gasteiger partial charge in [-0.15, -0.1) is 11.3 Å². The number of fused-ring (bicyclic) bond motifs is 1. The van der Waals surface area contributed by atoms with Crippen molar-refractivity contribution in [3.8, 4) is 0 Å². The summed E-state index contributed by atoms with van der Waals surface area (Å²) >= 11 is 1.48. The van der Waals surface area contributed by atoms with Gasteiger partial charge in [-0.2, -0.15) is 0 Å². The third kappa shape index (κ3) is 4.57. The van der Waals surface area contributed by atoms with Gasteiger partial charge in [-0.1, -0.05) is 6.92 Å². The number of amides is 1. The average Bonchev–Trinajstić information content (AvgIpc) is 2.82. The maximum absolute atomic E-state index is 12.4. The van der Waals surface area contributed by atoms with Crippen LogP contribution in [0.25, 0.3) is 0 Å². The number of aryl methyl sites for hydroxylation is 1. The Labute approximate surface area is 139 Å². The second-order valence-electron chi connectivity index (χ2n) is 5.57. The topological polar surface area (TPSA) is 94.8 Å². The van der Waals surface area contributed by atoms with Gasteiger partial charge in [0.25, 0.3) is 0 Å². The normalized spacial score (nSPS) is 18.0. The van der Waals surface area contributed by atoms with Gasteiger partial charge in [0.05, 0.1) is 5.69 Å². The zero-order chi connectivity index (χ0) is 17.0. The summed E-state index contributed by atoms with van der Waals surface area (Å²) < 4.78 is 10.1. The summed E-state index contributed by atoms with van der Waals surface area (Å²) in [4.78, 5) is 30.5. The molecule has 2 atom stereocenters. The fourth-order valence-corrected chi connectivity index (χ4v) is 3.72. The molecule has 1 heterocycles. The highest BCUT2D eigenvalue weighted by molar-refractivity contribution is 7.15. The van der Waals surface area contributed by atoms with Crippen molar-refractivity contribution in [2.24, 2.45) is 0 Å². The highest BCUT2D eigenvalue weighted by atomic mass is 32.1. The molecule has 0 saturated carbocycles. The molecule has 0 bridgehead atoms. The number of esters is 1. The SMILES string of the molecule is CCCN(C(=O)OC(C)OC(C)=O)C1CCc2nc(N)sc2C1. The molecule has 1 aliphatic rings. The summed E-state index contributed by atoms with van der Waals surface area (Å²) in [6, 6.07) is 0.0549. The number of aromatic nitrogens is 1. The quantitative estimate of drug-likeness (QED) is 0.652. The van der Waals surface area contributed by atoms with Crippen LogP contribution in [-0.4, -0.2) is 40.8 Å². The molecule has 7 nitrogen and oxygen atoms in total. The maximum atomic E-state index is 12.4. The van der Waals surface area contributed by atoms with Gasteiger partial charge < -0.3 is 20.1 Å². The summed E-state index contributed by atoms with van der Waals surface area (Å²) in [6.45, 7) is 5.42. The molecule has 0 saturated heterocycles. The molecule has 2 unspecified atom stereocenters. The second-order valence-corrected chi connectivity index (χ2v) is 6.69. The van der Waals surface area contributed by atoms with Crippen molar-refractivity contribution in [1.29, 1.82) is 0 Å². The van der Waals surface area contributed by atoms with Crippen LogP contribution < -0.4 is 5.73 Å². The number of thiazole rings is 1. The third-order valence-electron chi connectivity index (χ3n) is 3.67. The van der Waals surface area contributed by atoms with E-state index in [0.717, 1.165) is 36.3 Å². The molecular formula is C15H23N3O4S. The molecule has 0 spiro atoms. The number of carbonyl (C=O) groups excluding carboxylic acids is 2. The largest absolute Gasteiger partial charge is 0.426 e. The van der Waals surface area contributed by atoms with Gasteiger partial charge in [0, 0.05) is 37.7 Å². The van der Waals surface area contributed by atoms with Crippen LogP contribution in [0, 0.1) is 0 Å². The Balaban J connectivity index is 2.03. The first kappa shape index (κ1) is 17.5. The van der Waals surface area contributed by atoms with Crippen LogP contribution in [-0.2, 0) is 27.1 Å². The molecule has 128 valence electrons. The highest BCUT2D eigenvalue weighted by Gasteiger charge is 2.31. The minimum absolute atomic E-state index is 0.0549. The van der Waals surface area contributed by atoms with Crippen LogP contribution in [0.2, 0.25) is 0 Å². The van der Waals surface area contributed by atoms with Crippen molar-refractivity contribution in [2.75, 3.05) is 12.3 Å². The monoisotopic (exact) mass is 341 g/mol. The Morgan fingerprint density at radius 3 is 2.87 bits per heavy atom. The minimum Gasteiger partial charge on any atom is -0.426 e. The zero-order valence-corrected chi connectivity index (χ0v) is 14.5. The summed E-state index contributed by atoms with van der Waals surface area (Å²) in [6.07, 6.45) is 1.85. The van der Waals surface area contributed by atoms with E-state index in [1.165, 1.54) is 25.2 Å². The summed E-state index contributed by atoms with van der Waals surface area (Å²) in [7, 11) is 0. The lowest BCUT2D eigenvalue weighted by Crippen LogP contribution is -2.45. The fraction of sp³-hybridized carbons (Fsp3) is 0.667. The fourth-order valence-electron chi connectivity index (χ4n) is 2.77. The smallest absolute Gasteiger partial charge is 0.413 e. The zero-order valence-electron chi connectivity index (χ0n) is 13.7. The molecule has 23 heavy (non-hydrogen) atoms. The molecular weight excluding hydrogens is 318 g/mol. The number of nitrogens with two attached hydrogens (primary N) is 1. The first-order valence-electron chi connectivity index (χ1n) is 7.79. The highest BCUT2D eigenvalue weighted by Crippen LogP contribution is 2.30. The molecule has 1 aliphatic carbocycles. The summed E-state index contributed by atoms with van der Waals surface area (Å²) in [5, 5.41) is 0.573. The molecule has 2 N–H and O–H groups in total. The second kappa shape index (κ2) is 7.63. The van der Waals surface area contributed by atoms with Crippen molar-refractivity contribution in [3.63, 3.8) is 0 Å². The Hall–Kier alpha value is -1.83. The predicted octanol–water partition coefficient (Wildman–Crippen LogP) is 2.34. The van der Waals surface area contributed by atoms with E-state index >= 15 is 0 Å². The third-order valence-corrected chi connectivity index (χ3v) is 4.62. The lowest BCUT2D eigenvalue weighted by atomic mass is 9.96. The molecule has 1 amide bonds. The van der Waals surface area contributed by atoms with Crippen molar-refractivity contribution in [3.05, 3.63) is 10.6 Å². The summed E-state index contributed by atoms with van der Waals surface area (Å²) in [5.41, 5.74) is 6.81. The van der Waals surface area contributed by atoms with Gasteiger partial charge in [-0.25, -0.2) is 9.78 Å². The molecule has 1 aromatic heterocycles. The lowest BCUT2D eigenvalue weighted by molar-refractivity contribution is -0.163. The van der Waals surface area contributed by atoms with E-state index in [0.29, 0.717) is 11.7 Å². The first-order chi connectivity index (χ1) is 10.9. The number of anilines is 1. The van der Waals surface area contributed by atoms with Gasteiger partial charge >= 0.3 is 12.1 Å². The Morgan fingerprint density at radius 1 is 1.48 bits per heavy atom. The standard InChI is InChI=1S/C15H23N3O4S/c1-4-7-18(15(20)22-10(3)21-9(2)19)11-5-6-12-13(8-11)23-14(16)17-12/h10-11H,4-8H2,1-3H3,(H2,16,17). The Morgan fingerprint density at radius 2 is 2.22 bits per heavy atom.